The van der Waals surface area contributed by atoms with Crippen LogP contribution < -0.4 is 5.32 Å². The van der Waals surface area contributed by atoms with Crippen molar-refractivity contribution in [3.05, 3.63) is 62.0 Å². The maximum absolute atomic E-state index is 6.29. The molecular formula is C17H18BrCl2N. The standard InChI is InChI=1S/C17H18BrCl2N/c1-3-11-5-7-12(8-6-11)16(4-2)21-17-14(19)9-13(18)10-15(17)20/h5-10,16,21H,3-4H2,1-2H3. The van der Waals surface area contributed by atoms with Crippen molar-refractivity contribution < 1.29 is 0 Å². The van der Waals surface area contributed by atoms with E-state index in [0.29, 0.717) is 10.0 Å². The number of aryl methyl sites for hydroxylation is 1. The molecule has 0 heterocycles. The van der Waals surface area contributed by atoms with Gasteiger partial charge in [0.05, 0.1) is 21.8 Å². The Labute approximate surface area is 144 Å². The fraction of sp³-hybridized carbons (Fsp3) is 0.294. The van der Waals surface area contributed by atoms with Gasteiger partial charge in [0, 0.05) is 4.47 Å². The number of hydrogen-bond acceptors (Lipinski definition) is 1. The van der Waals surface area contributed by atoms with Crippen molar-refractivity contribution in [2.45, 2.75) is 32.7 Å². The fourth-order valence-corrected chi connectivity index (χ4v) is 3.58. The van der Waals surface area contributed by atoms with Crippen LogP contribution in [0, 0.1) is 0 Å². The summed E-state index contributed by atoms with van der Waals surface area (Å²) >= 11 is 16.0. The fourth-order valence-electron chi connectivity index (χ4n) is 2.26. The van der Waals surface area contributed by atoms with Gasteiger partial charge in [-0.15, -0.1) is 0 Å². The van der Waals surface area contributed by atoms with Gasteiger partial charge in [-0.1, -0.05) is 77.2 Å². The highest BCUT2D eigenvalue weighted by Crippen LogP contribution is 2.36. The maximum atomic E-state index is 6.29. The van der Waals surface area contributed by atoms with Crippen molar-refractivity contribution in [3.63, 3.8) is 0 Å². The van der Waals surface area contributed by atoms with Gasteiger partial charge < -0.3 is 5.32 Å². The molecule has 0 saturated heterocycles. The molecule has 112 valence electrons. The van der Waals surface area contributed by atoms with Crippen molar-refractivity contribution in [3.8, 4) is 0 Å². The minimum atomic E-state index is 0.187. The van der Waals surface area contributed by atoms with Crippen LogP contribution in [0.25, 0.3) is 0 Å². The molecule has 0 radical (unpaired) electrons. The highest BCUT2D eigenvalue weighted by Gasteiger charge is 2.14. The molecule has 2 aromatic rings. The molecule has 0 aliphatic carbocycles. The predicted molar refractivity (Wildman–Crippen MR) is 96.6 cm³/mol. The van der Waals surface area contributed by atoms with Gasteiger partial charge in [-0.05, 0) is 36.1 Å². The SMILES string of the molecule is CCc1ccc(C(CC)Nc2c(Cl)cc(Br)cc2Cl)cc1. The van der Waals surface area contributed by atoms with Crippen LogP contribution in [-0.4, -0.2) is 0 Å². The van der Waals surface area contributed by atoms with E-state index in [-0.39, 0.29) is 6.04 Å². The lowest BCUT2D eigenvalue weighted by molar-refractivity contribution is 0.749. The highest BCUT2D eigenvalue weighted by atomic mass is 79.9. The van der Waals surface area contributed by atoms with Gasteiger partial charge in [0.15, 0.2) is 0 Å². The quantitative estimate of drug-likeness (QED) is 0.590. The Hall–Kier alpha value is -0.700. The molecule has 0 amide bonds. The Morgan fingerprint density at radius 1 is 1.05 bits per heavy atom. The van der Waals surface area contributed by atoms with E-state index in [1.54, 1.807) is 0 Å². The molecule has 1 atom stereocenters. The van der Waals surface area contributed by atoms with E-state index < -0.39 is 0 Å². The first-order valence-corrected chi connectivity index (χ1v) is 8.60. The van der Waals surface area contributed by atoms with Crippen LogP contribution in [0.2, 0.25) is 10.0 Å². The van der Waals surface area contributed by atoms with Gasteiger partial charge in [-0.3, -0.25) is 0 Å². The summed E-state index contributed by atoms with van der Waals surface area (Å²) in [5, 5.41) is 4.71. The summed E-state index contributed by atoms with van der Waals surface area (Å²) in [7, 11) is 0. The second-order valence-corrected chi connectivity index (χ2v) is 6.67. The molecule has 1 N–H and O–H groups in total. The van der Waals surface area contributed by atoms with Crippen LogP contribution in [0.3, 0.4) is 0 Å². The molecule has 1 nitrogen and oxygen atoms in total. The molecule has 21 heavy (non-hydrogen) atoms. The third kappa shape index (κ3) is 4.15. The third-order valence-electron chi connectivity index (χ3n) is 3.52. The van der Waals surface area contributed by atoms with Crippen LogP contribution in [0.1, 0.15) is 37.4 Å². The summed E-state index contributed by atoms with van der Waals surface area (Å²) in [5.74, 6) is 0. The number of rotatable bonds is 5. The highest BCUT2D eigenvalue weighted by molar-refractivity contribution is 9.10. The van der Waals surface area contributed by atoms with Crippen molar-refractivity contribution in [1.82, 2.24) is 0 Å². The first-order chi connectivity index (χ1) is 10.0. The second-order valence-electron chi connectivity index (χ2n) is 4.94. The molecule has 0 fully saturated rings. The number of anilines is 1. The lowest BCUT2D eigenvalue weighted by atomic mass is 10.0. The van der Waals surface area contributed by atoms with Gasteiger partial charge in [-0.25, -0.2) is 0 Å². The zero-order valence-corrected chi connectivity index (χ0v) is 15.2. The third-order valence-corrected chi connectivity index (χ3v) is 4.58. The predicted octanol–water partition coefficient (Wildman–Crippen LogP) is 6.88. The van der Waals surface area contributed by atoms with Crippen LogP contribution in [0.4, 0.5) is 5.69 Å². The lowest BCUT2D eigenvalue weighted by Crippen LogP contribution is -2.10. The molecule has 0 bridgehead atoms. The Kier molecular flexibility index (Phi) is 5.98. The van der Waals surface area contributed by atoms with Crippen LogP contribution in [0.5, 0.6) is 0 Å². The van der Waals surface area contributed by atoms with Gasteiger partial charge in [0.2, 0.25) is 0 Å². The van der Waals surface area contributed by atoms with Gasteiger partial charge in [0.25, 0.3) is 0 Å². The topological polar surface area (TPSA) is 12.0 Å². The number of halogens is 3. The molecular weight excluding hydrogens is 369 g/mol. The minimum absolute atomic E-state index is 0.187. The normalized spacial score (nSPS) is 12.2. The Bertz CT molecular complexity index is 588. The number of hydrogen-bond donors (Lipinski definition) is 1. The first kappa shape index (κ1) is 16.7. The Morgan fingerprint density at radius 3 is 2.10 bits per heavy atom. The summed E-state index contributed by atoms with van der Waals surface area (Å²) < 4.78 is 0.878. The summed E-state index contributed by atoms with van der Waals surface area (Å²) in [6.45, 7) is 4.30. The first-order valence-electron chi connectivity index (χ1n) is 7.05. The summed E-state index contributed by atoms with van der Waals surface area (Å²) in [5.41, 5.74) is 3.37. The van der Waals surface area contributed by atoms with E-state index >= 15 is 0 Å². The Morgan fingerprint density at radius 2 is 1.62 bits per heavy atom. The van der Waals surface area contributed by atoms with Crippen molar-refractivity contribution in [1.29, 1.82) is 0 Å². The Balaban J connectivity index is 2.26. The van der Waals surface area contributed by atoms with E-state index in [9.17, 15) is 0 Å². The molecule has 1 unspecified atom stereocenters. The molecule has 0 aliphatic rings. The van der Waals surface area contributed by atoms with Gasteiger partial charge >= 0.3 is 0 Å². The number of benzene rings is 2. The van der Waals surface area contributed by atoms with E-state index in [0.717, 1.165) is 23.0 Å². The van der Waals surface area contributed by atoms with Crippen LogP contribution in [0.15, 0.2) is 40.9 Å². The second kappa shape index (κ2) is 7.53. The zero-order valence-electron chi connectivity index (χ0n) is 12.1. The summed E-state index contributed by atoms with van der Waals surface area (Å²) in [4.78, 5) is 0. The van der Waals surface area contributed by atoms with E-state index in [4.69, 9.17) is 23.2 Å². The van der Waals surface area contributed by atoms with E-state index in [1.165, 1.54) is 11.1 Å². The average Bonchev–Trinajstić information content (AvgIpc) is 2.47. The summed E-state index contributed by atoms with van der Waals surface area (Å²) in [6.07, 6.45) is 2.00. The van der Waals surface area contributed by atoms with Gasteiger partial charge in [-0.2, -0.15) is 0 Å². The van der Waals surface area contributed by atoms with E-state index in [2.05, 4.69) is 59.4 Å². The largest absolute Gasteiger partial charge is 0.376 e. The molecule has 2 aromatic carbocycles. The molecule has 2 rings (SSSR count). The van der Waals surface area contributed by atoms with Crippen molar-refractivity contribution >= 4 is 44.8 Å². The molecule has 4 heteroatoms. The summed E-state index contributed by atoms with van der Waals surface area (Å²) in [6, 6.07) is 12.6. The molecule has 0 spiro atoms. The minimum Gasteiger partial charge on any atom is -0.376 e. The number of nitrogens with one attached hydrogen (secondary N) is 1. The molecule has 0 aromatic heterocycles. The van der Waals surface area contributed by atoms with Crippen LogP contribution in [-0.2, 0) is 6.42 Å². The zero-order chi connectivity index (χ0) is 15.4. The van der Waals surface area contributed by atoms with Crippen molar-refractivity contribution in [2.75, 3.05) is 5.32 Å². The smallest absolute Gasteiger partial charge is 0.0724 e. The molecule has 0 aliphatic heterocycles. The molecule has 0 saturated carbocycles. The lowest BCUT2D eigenvalue weighted by Gasteiger charge is -2.21. The van der Waals surface area contributed by atoms with E-state index in [1.807, 2.05) is 12.1 Å². The average molecular weight is 387 g/mol. The van der Waals surface area contributed by atoms with Gasteiger partial charge in [0.1, 0.15) is 0 Å². The van der Waals surface area contributed by atoms with Crippen LogP contribution >= 0.6 is 39.1 Å². The maximum Gasteiger partial charge on any atom is 0.0724 e. The van der Waals surface area contributed by atoms with Crippen molar-refractivity contribution in [2.24, 2.45) is 0 Å². The monoisotopic (exact) mass is 385 g/mol.